The van der Waals surface area contributed by atoms with E-state index in [2.05, 4.69) is 10.7 Å². The fourth-order valence-corrected chi connectivity index (χ4v) is 1.79. The third-order valence-electron chi connectivity index (χ3n) is 2.52. The average Bonchev–Trinajstić information content (AvgIpc) is 2.56. The molecule has 0 unspecified atom stereocenters. The molecule has 126 valence electrons. The summed E-state index contributed by atoms with van der Waals surface area (Å²) < 4.78 is 10.2. The van der Waals surface area contributed by atoms with E-state index in [4.69, 9.17) is 9.47 Å². The van der Waals surface area contributed by atoms with Gasteiger partial charge in [-0.15, -0.1) is 0 Å². The number of nitrogens with zero attached hydrogens (tertiary/aromatic N) is 1. The van der Waals surface area contributed by atoms with Gasteiger partial charge in [-0.3, -0.25) is 4.79 Å². The first kappa shape index (κ1) is 18.1. The molecule has 0 aromatic carbocycles. The van der Waals surface area contributed by atoms with Crippen molar-refractivity contribution >= 4 is 18.1 Å². The highest BCUT2D eigenvalue weighted by molar-refractivity contribution is 5.88. The molecule has 0 aliphatic carbocycles. The fourth-order valence-electron chi connectivity index (χ4n) is 1.79. The lowest BCUT2D eigenvalue weighted by Crippen LogP contribution is -2.49. The summed E-state index contributed by atoms with van der Waals surface area (Å²) in [6.07, 6.45) is -0.989. The fraction of sp³-hybridized carbons (Fsp3) is 0.786. The second-order valence-corrected chi connectivity index (χ2v) is 7.09. The van der Waals surface area contributed by atoms with Crippen molar-refractivity contribution in [1.29, 1.82) is 0 Å². The van der Waals surface area contributed by atoms with Crippen LogP contribution in [0.2, 0.25) is 0 Å². The average molecular weight is 315 g/mol. The Balaban J connectivity index is 2.49. The van der Waals surface area contributed by atoms with E-state index >= 15 is 0 Å². The largest absolute Gasteiger partial charge is 0.444 e. The van der Waals surface area contributed by atoms with Crippen LogP contribution in [0, 0.1) is 0 Å². The van der Waals surface area contributed by atoms with Crippen LogP contribution in [0.3, 0.4) is 0 Å². The number of amides is 3. The Morgan fingerprint density at radius 3 is 2.05 bits per heavy atom. The summed E-state index contributed by atoms with van der Waals surface area (Å²) in [6.45, 7) is 10.7. The van der Waals surface area contributed by atoms with Gasteiger partial charge in [0.05, 0.1) is 0 Å². The number of carbonyl (C=O) groups is 3. The molecule has 3 amide bonds. The van der Waals surface area contributed by atoms with Crippen molar-refractivity contribution in [3.8, 4) is 0 Å². The maximum Gasteiger partial charge on any atom is 0.426 e. The summed E-state index contributed by atoms with van der Waals surface area (Å²) in [5, 5.41) is 3.63. The second-order valence-electron chi connectivity index (χ2n) is 7.09. The van der Waals surface area contributed by atoms with E-state index < -0.39 is 35.3 Å². The van der Waals surface area contributed by atoms with E-state index in [0.717, 1.165) is 5.01 Å². The van der Waals surface area contributed by atoms with Crippen molar-refractivity contribution in [1.82, 2.24) is 15.8 Å². The quantitative estimate of drug-likeness (QED) is 0.806. The van der Waals surface area contributed by atoms with Crippen LogP contribution in [-0.4, -0.2) is 46.9 Å². The van der Waals surface area contributed by atoms with E-state index in [1.807, 2.05) is 0 Å². The molecule has 0 aromatic rings. The van der Waals surface area contributed by atoms with Crippen LogP contribution in [0.5, 0.6) is 0 Å². The normalized spacial score (nSPS) is 18.9. The molecule has 8 heteroatoms. The molecule has 1 atom stereocenters. The molecule has 0 aromatic heterocycles. The van der Waals surface area contributed by atoms with Gasteiger partial charge in [-0.05, 0) is 48.0 Å². The number of ether oxygens (including phenoxy) is 2. The molecule has 1 heterocycles. The van der Waals surface area contributed by atoms with Gasteiger partial charge in [-0.25, -0.2) is 20.0 Å². The van der Waals surface area contributed by atoms with Crippen LogP contribution in [0.25, 0.3) is 0 Å². The SMILES string of the molecule is CC(C)(C)OC(=O)N[C@H]1CCN(NC(=O)OC(C)(C)C)C1=O. The summed E-state index contributed by atoms with van der Waals surface area (Å²) in [5.74, 6) is -0.406. The van der Waals surface area contributed by atoms with E-state index in [0.29, 0.717) is 13.0 Å². The molecule has 1 saturated heterocycles. The lowest BCUT2D eigenvalue weighted by atomic mass is 10.2. The van der Waals surface area contributed by atoms with E-state index in [1.54, 1.807) is 41.5 Å². The number of hydrogen-bond donors (Lipinski definition) is 2. The zero-order valence-corrected chi connectivity index (χ0v) is 14.0. The molecule has 22 heavy (non-hydrogen) atoms. The highest BCUT2D eigenvalue weighted by Crippen LogP contribution is 2.13. The summed E-state index contributed by atoms with van der Waals surface area (Å²) in [6, 6.07) is -0.718. The van der Waals surface area contributed by atoms with Crippen LogP contribution in [-0.2, 0) is 14.3 Å². The summed E-state index contributed by atoms with van der Waals surface area (Å²) in [4.78, 5) is 35.4. The first-order chi connectivity index (χ1) is 9.87. The molecule has 0 bridgehead atoms. The Hall–Kier alpha value is -1.99. The minimum Gasteiger partial charge on any atom is -0.444 e. The van der Waals surface area contributed by atoms with Gasteiger partial charge in [0.25, 0.3) is 5.91 Å². The lowest BCUT2D eigenvalue weighted by molar-refractivity contribution is -0.132. The van der Waals surface area contributed by atoms with Gasteiger partial charge < -0.3 is 14.8 Å². The number of hydrazine groups is 1. The predicted octanol–water partition coefficient (Wildman–Crippen LogP) is 1.55. The van der Waals surface area contributed by atoms with Gasteiger partial charge in [0.15, 0.2) is 0 Å². The van der Waals surface area contributed by atoms with Crippen LogP contribution < -0.4 is 10.7 Å². The highest BCUT2D eigenvalue weighted by atomic mass is 16.6. The van der Waals surface area contributed by atoms with Crippen molar-refractivity contribution in [3.63, 3.8) is 0 Å². The van der Waals surface area contributed by atoms with Crippen molar-refractivity contribution in [2.45, 2.75) is 65.2 Å². The maximum atomic E-state index is 12.1. The number of nitrogens with one attached hydrogen (secondary N) is 2. The molecule has 0 spiro atoms. The minimum absolute atomic E-state index is 0.290. The van der Waals surface area contributed by atoms with Gasteiger partial charge in [0.1, 0.15) is 17.2 Å². The molecule has 0 saturated carbocycles. The van der Waals surface area contributed by atoms with E-state index in [1.165, 1.54) is 0 Å². The molecule has 0 radical (unpaired) electrons. The van der Waals surface area contributed by atoms with Gasteiger partial charge >= 0.3 is 12.2 Å². The number of carbonyl (C=O) groups excluding carboxylic acids is 3. The van der Waals surface area contributed by atoms with Crippen LogP contribution in [0.15, 0.2) is 0 Å². The van der Waals surface area contributed by atoms with Crippen molar-refractivity contribution in [3.05, 3.63) is 0 Å². The molecule has 2 N–H and O–H groups in total. The first-order valence-electron chi connectivity index (χ1n) is 7.18. The Bertz CT molecular complexity index is 410. The summed E-state index contributed by atoms with van der Waals surface area (Å²) in [5.41, 5.74) is 1.08. The zero-order chi connectivity index (χ0) is 17.1. The molecule has 1 aliphatic rings. The Kier molecular flexibility index (Phi) is 5.26. The van der Waals surface area contributed by atoms with Crippen LogP contribution in [0.1, 0.15) is 48.0 Å². The van der Waals surface area contributed by atoms with Crippen LogP contribution >= 0.6 is 0 Å². The number of hydrogen-bond acceptors (Lipinski definition) is 5. The van der Waals surface area contributed by atoms with E-state index in [9.17, 15) is 14.4 Å². The van der Waals surface area contributed by atoms with E-state index in [-0.39, 0.29) is 0 Å². The van der Waals surface area contributed by atoms with Gasteiger partial charge in [0.2, 0.25) is 0 Å². The smallest absolute Gasteiger partial charge is 0.426 e. The number of rotatable bonds is 2. The maximum absolute atomic E-state index is 12.1. The van der Waals surface area contributed by atoms with Crippen LogP contribution in [0.4, 0.5) is 9.59 Å². The minimum atomic E-state index is -0.718. The standard InChI is InChI=1S/C14H25N3O5/c1-13(2,3)21-11(19)15-9-7-8-17(10(9)18)16-12(20)22-14(4,5)6/h9H,7-8H2,1-6H3,(H,15,19)(H,16,20)/t9-/m0/s1. The topological polar surface area (TPSA) is 97.0 Å². The Morgan fingerprint density at radius 2 is 1.55 bits per heavy atom. The predicted molar refractivity (Wildman–Crippen MR) is 78.9 cm³/mol. The monoisotopic (exact) mass is 315 g/mol. The Morgan fingerprint density at radius 1 is 1.05 bits per heavy atom. The van der Waals surface area contributed by atoms with Gasteiger partial charge in [-0.1, -0.05) is 0 Å². The molecule has 8 nitrogen and oxygen atoms in total. The zero-order valence-electron chi connectivity index (χ0n) is 14.0. The van der Waals surface area contributed by atoms with Crippen molar-refractivity contribution in [2.75, 3.05) is 6.54 Å². The molecule has 1 aliphatic heterocycles. The summed E-state index contributed by atoms with van der Waals surface area (Å²) in [7, 11) is 0. The van der Waals surface area contributed by atoms with Gasteiger partial charge in [-0.2, -0.15) is 0 Å². The number of alkyl carbamates (subject to hydrolysis) is 1. The van der Waals surface area contributed by atoms with Crippen molar-refractivity contribution in [2.24, 2.45) is 0 Å². The Labute approximate surface area is 130 Å². The highest BCUT2D eigenvalue weighted by Gasteiger charge is 2.35. The second kappa shape index (κ2) is 6.41. The molecular weight excluding hydrogens is 290 g/mol. The van der Waals surface area contributed by atoms with Gasteiger partial charge in [0, 0.05) is 6.54 Å². The third-order valence-corrected chi connectivity index (χ3v) is 2.52. The third kappa shape index (κ3) is 6.19. The molecule has 1 fully saturated rings. The molecular formula is C14H25N3O5. The summed E-state index contributed by atoms with van der Waals surface area (Å²) >= 11 is 0. The molecule has 1 rings (SSSR count). The first-order valence-corrected chi connectivity index (χ1v) is 7.18. The lowest BCUT2D eigenvalue weighted by Gasteiger charge is -2.23. The van der Waals surface area contributed by atoms with Crippen molar-refractivity contribution < 1.29 is 23.9 Å².